The molecule has 5 heteroatoms. The second-order valence-corrected chi connectivity index (χ2v) is 4.31. The van der Waals surface area contributed by atoms with Crippen molar-refractivity contribution in [2.45, 2.75) is 33.2 Å². The molecule has 0 fully saturated rings. The Bertz CT molecular complexity index is 535. The van der Waals surface area contributed by atoms with Crippen LogP contribution in [0.2, 0.25) is 0 Å². The van der Waals surface area contributed by atoms with Crippen molar-refractivity contribution in [1.82, 2.24) is 14.8 Å². The molecule has 0 aliphatic rings. The van der Waals surface area contributed by atoms with E-state index in [1.807, 2.05) is 10.6 Å². The fourth-order valence-electron chi connectivity index (χ4n) is 1.79. The third kappa shape index (κ3) is 1.71. The number of hydrogen-bond donors (Lipinski definition) is 1. The fourth-order valence-corrected chi connectivity index (χ4v) is 2.13. The number of aromatic amines is 1. The van der Waals surface area contributed by atoms with E-state index in [0.29, 0.717) is 4.77 Å². The van der Waals surface area contributed by atoms with Gasteiger partial charge in [0.25, 0.3) is 0 Å². The molecule has 1 N–H and O–H groups in total. The largest absolute Gasteiger partial charge is 0.469 e. The zero-order valence-electron chi connectivity index (χ0n) is 9.65. The molecule has 0 aromatic carbocycles. The van der Waals surface area contributed by atoms with Gasteiger partial charge in [-0.3, -0.25) is 9.67 Å². The SMILES string of the molecule is CCc1occc1-c1n[nH]c(=S)n1C(C)C. The van der Waals surface area contributed by atoms with Gasteiger partial charge in [0, 0.05) is 12.5 Å². The summed E-state index contributed by atoms with van der Waals surface area (Å²) < 4.78 is 8.06. The number of nitrogens with zero attached hydrogens (tertiary/aromatic N) is 2. The van der Waals surface area contributed by atoms with Crippen LogP contribution in [0.5, 0.6) is 0 Å². The van der Waals surface area contributed by atoms with E-state index in [9.17, 15) is 0 Å². The van der Waals surface area contributed by atoms with Crippen molar-refractivity contribution in [3.8, 4) is 11.4 Å². The van der Waals surface area contributed by atoms with Gasteiger partial charge in [0.15, 0.2) is 10.6 Å². The number of aromatic nitrogens is 3. The Labute approximate surface area is 99.3 Å². The number of rotatable bonds is 3. The molecule has 2 rings (SSSR count). The standard InChI is InChI=1S/C11H15N3OS/c1-4-9-8(5-6-15-9)10-12-13-11(16)14(10)7(2)3/h5-7H,4H2,1-3H3,(H,13,16). The number of furan rings is 1. The van der Waals surface area contributed by atoms with Gasteiger partial charge in [0.2, 0.25) is 0 Å². The van der Waals surface area contributed by atoms with E-state index in [2.05, 4.69) is 31.0 Å². The Morgan fingerprint density at radius 2 is 2.31 bits per heavy atom. The van der Waals surface area contributed by atoms with Crippen LogP contribution in [0.3, 0.4) is 0 Å². The molecule has 0 saturated heterocycles. The highest BCUT2D eigenvalue weighted by Crippen LogP contribution is 2.25. The van der Waals surface area contributed by atoms with E-state index in [0.717, 1.165) is 23.6 Å². The van der Waals surface area contributed by atoms with Crippen molar-refractivity contribution in [3.63, 3.8) is 0 Å². The average molecular weight is 237 g/mol. The lowest BCUT2D eigenvalue weighted by molar-refractivity contribution is 0.516. The summed E-state index contributed by atoms with van der Waals surface area (Å²) >= 11 is 5.22. The highest BCUT2D eigenvalue weighted by molar-refractivity contribution is 7.71. The van der Waals surface area contributed by atoms with Gasteiger partial charge in [-0.2, -0.15) is 5.10 Å². The summed E-state index contributed by atoms with van der Waals surface area (Å²) in [5.74, 6) is 1.79. The molecule has 0 atom stereocenters. The normalized spacial score (nSPS) is 11.2. The Hall–Kier alpha value is -1.36. The van der Waals surface area contributed by atoms with Crippen LogP contribution in [-0.2, 0) is 6.42 Å². The summed E-state index contributed by atoms with van der Waals surface area (Å²) in [6, 6.07) is 2.21. The van der Waals surface area contributed by atoms with Crippen LogP contribution in [0, 0.1) is 4.77 Å². The molecule has 86 valence electrons. The van der Waals surface area contributed by atoms with Crippen molar-refractivity contribution < 1.29 is 4.42 Å². The Morgan fingerprint density at radius 1 is 1.56 bits per heavy atom. The molecule has 0 unspecified atom stereocenters. The van der Waals surface area contributed by atoms with Gasteiger partial charge < -0.3 is 4.42 Å². The fraction of sp³-hybridized carbons (Fsp3) is 0.455. The van der Waals surface area contributed by atoms with E-state index >= 15 is 0 Å². The zero-order valence-corrected chi connectivity index (χ0v) is 10.5. The van der Waals surface area contributed by atoms with Gasteiger partial charge in [0.1, 0.15) is 5.76 Å². The van der Waals surface area contributed by atoms with Crippen molar-refractivity contribution in [1.29, 1.82) is 0 Å². The lowest BCUT2D eigenvalue weighted by Gasteiger charge is -2.09. The highest BCUT2D eigenvalue weighted by atomic mass is 32.1. The maximum Gasteiger partial charge on any atom is 0.195 e. The van der Waals surface area contributed by atoms with Crippen LogP contribution in [0.1, 0.15) is 32.6 Å². The molecular formula is C11H15N3OS. The molecule has 0 radical (unpaired) electrons. The molecule has 16 heavy (non-hydrogen) atoms. The van der Waals surface area contributed by atoms with Gasteiger partial charge in [-0.25, -0.2) is 0 Å². The van der Waals surface area contributed by atoms with Crippen LogP contribution in [0.15, 0.2) is 16.7 Å². The minimum Gasteiger partial charge on any atom is -0.469 e. The van der Waals surface area contributed by atoms with Gasteiger partial charge in [-0.05, 0) is 32.1 Å². The molecule has 0 bridgehead atoms. The molecule has 2 heterocycles. The quantitative estimate of drug-likeness (QED) is 0.833. The minimum absolute atomic E-state index is 0.279. The molecule has 2 aromatic rings. The predicted octanol–water partition coefficient (Wildman–Crippen LogP) is 3.34. The first-order chi connectivity index (χ1) is 7.65. The molecular weight excluding hydrogens is 222 g/mol. The van der Waals surface area contributed by atoms with Crippen molar-refractivity contribution in [2.75, 3.05) is 0 Å². The van der Waals surface area contributed by atoms with Gasteiger partial charge >= 0.3 is 0 Å². The topological polar surface area (TPSA) is 46.8 Å². The lowest BCUT2D eigenvalue weighted by Crippen LogP contribution is -2.03. The average Bonchev–Trinajstić information content (AvgIpc) is 2.82. The lowest BCUT2D eigenvalue weighted by atomic mass is 10.2. The van der Waals surface area contributed by atoms with E-state index in [1.165, 1.54) is 0 Å². The first-order valence-electron chi connectivity index (χ1n) is 5.38. The Kier molecular flexibility index (Phi) is 2.96. The van der Waals surface area contributed by atoms with Crippen LogP contribution >= 0.6 is 12.2 Å². The van der Waals surface area contributed by atoms with E-state index in [4.69, 9.17) is 16.6 Å². The maximum absolute atomic E-state index is 5.41. The number of nitrogens with one attached hydrogen (secondary N) is 1. The summed E-state index contributed by atoms with van der Waals surface area (Å²) in [6.45, 7) is 6.23. The molecule has 0 aliphatic heterocycles. The third-order valence-electron chi connectivity index (χ3n) is 2.53. The zero-order chi connectivity index (χ0) is 11.7. The third-order valence-corrected chi connectivity index (χ3v) is 2.82. The molecule has 2 aromatic heterocycles. The van der Waals surface area contributed by atoms with Crippen molar-refractivity contribution in [2.24, 2.45) is 0 Å². The van der Waals surface area contributed by atoms with Gasteiger partial charge in [0.05, 0.1) is 11.8 Å². The van der Waals surface area contributed by atoms with Crippen LogP contribution < -0.4 is 0 Å². The number of hydrogen-bond acceptors (Lipinski definition) is 3. The number of H-pyrrole nitrogens is 1. The van der Waals surface area contributed by atoms with E-state index in [-0.39, 0.29) is 6.04 Å². The molecule has 0 amide bonds. The molecule has 0 spiro atoms. The van der Waals surface area contributed by atoms with Gasteiger partial charge in [-0.15, -0.1) is 0 Å². The molecule has 0 aliphatic carbocycles. The first-order valence-corrected chi connectivity index (χ1v) is 5.79. The second-order valence-electron chi connectivity index (χ2n) is 3.93. The smallest absolute Gasteiger partial charge is 0.195 e. The summed E-state index contributed by atoms with van der Waals surface area (Å²) in [7, 11) is 0. The minimum atomic E-state index is 0.279. The Balaban J connectivity index is 2.61. The second kappa shape index (κ2) is 4.25. The van der Waals surface area contributed by atoms with E-state index in [1.54, 1.807) is 6.26 Å². The van der Waals surface area contributed by atoms with Crippen molar-refractivity contribution >= 4 is 12.2 Å². The highest BCUT2D eigenvalue weighted by Gasteiger charge is 2.15. The summed E-state index contributed by atoms with van der Waals surface area (Å²) in [4.78, 5) is 0. The predicted molar refractivity (Wildman–Crippen MR) is 64.9 cm³/mol. The van der Waals surface area contributed by atoms with Gasteiger partial charge in [-0.1, -0.05) is 6.92 Å². The summed E-state index contributed by atoms with van der Waals surface area (Å²) in [6.07, 6.45) is 2.54. The van der Waals surface area contributed by atoms with Crippen LogP contribution in [0.25, 0.3) is 11.4 Å². The van der Waals surface area contributed by atoms with Crippen LogP contribution in [-0.4, -0.2) is 14.8 Å². The monoisotopic (exact) mass is 237 g/mol. The number of aryl methyl sites for hydroxylation is 1. The summed E-state index contributed by atoms with van der Waals surface area (Å²) in [5.41, 5.74) is 1.02. The van der Waals surface area contributed by atoms with Crippen molar-refractivity contribution in [3.05, 3.63) is 22.9 Å². The Morgan fingerprint density at radius 3 is 2.94 bits per heavy atom. The summed E-state index contributed by atoms with van der Waals surface area (Å²) in [5, 5.41) is 7.11. The first kappa shape index (κ1) is 11.1. The van der Waals surface area contributed by atoms with E-state index < -0.39 is 0 Å². The maximum atomic E-state index is 5.41. The molecule has 4 nitrogen and oxygen atoms in total. The molecule has 0 saturated carbocycles. The van der Waals surface area contributed by atoms with Crippen LogP contribution in [0.4, 0.5) is 0 Å².